The highest BCUT2D eigenvalue weighted by atomic mass is 16.2. The Balaban J connectivity index is 4.79. The average molecular weight is 261 g/mol. The summed E-state index contributed by atoms with van der Waals surface area (Å²) in [5.41, 5.74) is 2.57. The number of hydrogen-bond donors (Lipinski definition) is 1. The zero-order chi connectivity index (χ0) is 15.1. The number of amides is 1. The Labute approximate surface area is 118 Å². The number of hydrogen-bond acceptors (Lipinski definition) is 1. The first-order valence-corrected chi connectivity index (χ1v) is 6.66. The molecule has 1 amide bonds. The highest BCUT2D eigenvalue weighted by molar-refractivity contribution is 5.84. The van der Waals surface area contributed by atoms with E-state index in [9.17, 15) is 4.79 Å². The van der Waals surface area contributed by atoms with Gasteiger partial charge in [-0.3, -0.25) is 4.79 Å². The molecule has 0 radical (unpaired) electrons. The first-order valence-electron chi connectivity index (χ1n) is 6.66. The molecular formula is C17H27NO. The van der Waals surface area contributed by atoms with Crippen molar-refractivity contribution in [3.05, 3.63) is 47.7 Å². The van der Waals surface area contributed by atoms with Crippen LogP contribution in [0.25, 0.3) is 0 Å². The zero-order valence-corrected chi connectivity index (χ0v) is 13.1. The quantitative estimate of drug-likeness (QED) is 0.552. The van der Waals surface area contributed by atoms with E-state index in [0.29, 0.717) is 0 Å². The Bertz CT molecular complexity index is 423. The van der Waals surface area contributed by atoms with E-state index in [1.54, 1.807) is 0 Å². The van der Waals surface area contributed by atoms with Crippen LogP contribution in [0.5, 0.6) is 0 Å². The molecule has 0 heterocycles. The molecular weight excluding hydrogens is 234 g/mol. The fraction of sp³-hybridized carbons (Fsp3) is 0.471. The fourth-order valence-corrected chi connectivity index (χ4v) is 1.62. The van der Waals surface area contributed by atoms with Crippen molar-refractivity contribution in [3.8, 4) is 0 Å². The second-order valence-electron chi connectivity index (χ2n) is 5.57. The van der Waals surface area contributed by atoms with Gasteiger partial charge in [0, 0.05) is 11.1 Å². The third-order valence-corrected chi connectivity index (χ3v) is 2.94. The first kappa shape index (κ1) is 17.4. The molecule has 0 aliphatic heterocycles. The van der Waals surface area contributed by atoms with Crippen LogP contribution in [-0.4, -0.2) is 5.91 Å². The lowest BCUT2D eigenvalue weighted by Crippen LogP contribution is -2.36. The van der Waals surface area contributed by atoms with Crippen molar-refractivity contribution in [1.29, 1.82) is 0 Å². The Morgan fingerprint density at radius 3 is 2.16 bits per heavy atom. The topological polar surface area (TPSA) is 29.1 Å². The summed E-state index contributed by atoms with van der Waals surface area (Å²) in [6.45, 7) is 15.6. The lowest BCUT2D eigenvalue weighted by Gasteiger charge is -2.24. The van der Waals surface area contributed by atoms with E-state index in [-0.39, 0.29) is 5.91 Å². The molecule has 0 aliphatic carbocycles. The van der Waals surface area contributed by atoms with Gasteiger partial charge in [-0.2, -0.15) is 0 Å². The molecule has 106 valence electrons. The summed E-state index contributed by atoms with van der Waals surface area (Å²) in [5.74, 6) is 0.0353. The molecule has 1 N–H and O–H groups in total. The van der Waals surface area contributed by atoms with Gasteiger partial charge in [0.2, 0.25) is 5.91 Å². The van der Waals surface area contributed by atoms with E-state index in [1.165, 1.54) is 5.57 Å². The number of carbonyl (C=O) groups is 1. The molecule has 0 unspecified atom stereocenters. The van der Waals surface area contributed by atoms with Gasteiger partial charge in [-0.05, 0) is 40.2 Å². The molecule has 2 nitrogen and oxygen atoms in total. The third kappa shape index (κ3) is 6.80. The first-order chi connectivity index (χ1) is 8.72. The Morgan fingerprint density at radius 1 is 1.16 bits per heavy atom. The fourth-order valence-electron chi connectivity index (χ4n) is 1.62. The number of allylic oxidation sites excluding steroid dienone is 6. The minimum absolute atomic E-state index is 0.0353. The van der Waals surface area contributed by atoms with Crippen LogP contribution in [0, 0.1) is 5.41 Å². The van der Waals surface area contributed by atoms with Crippen LogP contribution in [0.1, 0.15) is 48.0 Å². The maximum absolute atomic E-state index is 12.3. The predicted octanol–water partition coefficient (Wildman–Crippen LogP) is 4.52. The molecule has 2 heteroatoms. The molecule has 0 rings (SSSR count). The normalized spacial score (nSPS) is 13.8. The largest absolute Gasteiger partial charge is 0.326 e. The van der Waals surface area contributed by atoms with Crippen molar-refractivity contribution in [2.45, 2.75) is 48.0 Å². The monoisotopic (exact) mass is 261 g/mol. The Morgan fingerprint density at radius 2 is 1.74 bits per heavy atom. The molecule has 0 fully saturated rings. The van der Waals surface area contributed by atoms with Crippen molar-refractivity contribution in [2.75, 3.05) is 0 Å². The van der Waals surface area contributed by atoms with Crippen molar-refractivity contribution < 1.29 is 4.79 Å². The highest BCUT2D eigenvalue weighted by Crippen LogP contribution is 2.25. The number of carbonyl (C=O) groups excluding carboxylic acids is 1. The second kappa shape index (κ2) is 7.78. The number of rotatable bonds is 6. The maximum atomic E-state index is 12.3. The summed E-state index contributed by atoms with van der Waals surface area (Å²) in [6, 6.07) is 0. The van der Waals surface area contributed by atoms with Gasteiger partial charge in [-0.15, -0.1) is 0 Å². The van der Waals surface area contributed by atoms with Gasteiger partial charge in [0.15, 0.2) is 0 Å². The lowest BCUT2D eigenvalue weighted by atomic mass is 9.85. The SMILES string of the molecule is C=C(C)/C=C\C(=C/C)NC(=O)C(C)(C)C/C(C)=C/C. The van der Waals surface area contributed by atoms with E-state index in [1.807, 2.05) is 65.8 Å². The lowest BCUT2D eigenvalue weighted by molar-refractivity contribution is -0.128. The Hall–Kier alpha value is -1.57. The van der Waals surface area contributed by atoms with Gasteiger partial charge >= 0.3 is 0 Å². The molecule has 0 aromatic carbocycles. The molecule has 0 atom stereocenters. The Kier molecular flexibility index (Phi) is 7.13. The number of nitrogens with one attached hydrogen (secondary N) is 1. The zero-order valence-electron chi connectivity index (χ0n) is 13.1. The van der Waals surface area contributed by atoms with Crippen LogP contribution in [0.2, 0.25) is 0 Å². The third-order valence-electron chi connectivity index (χ3n) is 2.94. The van der Waals surface area contributed by atoms with E-state index in [4.69, 9.17) is 0 Å². The van der Waals surface area contributed by atoms with E-state index >= 15 is 0 Å². The standard InChI is InChI=1S/C17H27NO/c1-8-14(5)12-17(6,7)16(19)18-15(9-2)11-10-13(3)4/h8-11H,3,12H2,1-2,4-7H3,(H,18,19)/b11-10-,14-8+,15-9+. The summed E-state index contributed by atoms with van der Waals surface area (Å²) in [5, 5.41) is 2.96. The molecule has 0 aliphatic rings. The predicted molar refractivity (Wildman–Crippen MR) is 83.7 cm³/mol. The van der Waals surface area contributed by atoms with Crippen LogP contribution in [-0.2, 0) is 4.79 Å². The average Bonchev–Trinajstić information content (AvgIpc) is 2.32. The smallest absolute Gasteiger partial charge is 0.230 e. The van der Waals surface area contributed by atoms with Gasteiger partial charge in [-0.25, -0.2) is 0 Å². The van der Waals surface area contributed by atoms with Crippen LogP contribution >= 0.6 is 0 Å². The molecule has 0 spiro atoms. The van der Waals surface area contributed by atoms with Crippen molar-refractivity contribution >= 4 is 5.91 Å². The molecule has 0 saturated carbocycles. The minimum atomic E-state index is -0.415. The van der Waals surface area contributed by atoms with Gasteiger partial charge < -0.3 is 5.32 Å². The van der Waals surface area contributed by atoms with Crippen LogP contribution in [0.15, 0.2) is 47.7 Å². The van der Waals surface area contributed by atoms with Crippen LogP contribution in [0.4, 0.5) is 0 Å². The summed E-state index contributed by atoms with van der Waals surface area (Å²) in [4.78, 5) is 12.3. The van der Waals surface area contributed by atoms with Gasteiger partial charge in [0.1, 0.15) is 0 Å². The van der Waals surface area contributed by atoms with Crippen molar-refractivity contribution in [1.82, 2.24) is 5.32 Å². The molecule has 0 aromatic rings. The molecule has 0 saturated heterocycles. The van der Waals surface area contributed by atoms with Crippen molar-refractivity contribution in [3.63, 3.8) is 0 Å². The van der Waals surface area contributed by atoms with E-state index in [0.717, 1.165) is 17.7 Å². The van der Waals surface area contributed by atoms with E-state index in [2.05, 4.69) is 11.9 Å². The molecule has 0 bridgehead atoms. The van der Waals surface area contributed by atoms with Crippen LogP contribution < -0.4 is 5.32 Å². The van der Waals surface area contributed by atoms with Crippen molar-refractivity contribution in [2.24, 2.45) is 5.41 Å². The van der Waals surface area contributed by atoms with E-state index < -0.39 is 5.41 Å². The highest BCUT2D eigenvalue weighted by Gasteiger charge is 2.27. The van der Waals surface area contributed by atoms with Gasteiger partial charge in [0.25, 0.3) is 0 Å². The molecule has 0 aromatic heterocycles. The molecule has 19 heavy (non-hydrogen) atoms. The van der Waals surface area contributed by atoms with Gasteiger partial charge in [-0.1, -0.05) is 49.8 Å². The maximum Gasteiger partial charge on any atom is 0.230 e. The summed E-state index contributed by atoms with van der Waals surface area (Å²) in [7, 11) is 0. The summed E-state index contributed by atoms with van der Waals surface area (Å²) in [6.07, 6.45) is 8.46. The second-order valence-corrected chi connectivity index (χ2v) is 5.57. The minimum Gasteiger partial charge on any atom is -0.326 e. The van der Waals surface area contributed by atoms with Crippen LogP contribution in [0.3, 0.4) is 0 Å². The summed E-state index contributed by atoms with van der Waals surface area (Å²) >= 11 is 0. The summed E-state index contributed by atoms with van der Waals surface area (Å²) < 4.78 is 0. The van der Waals surface area contributed by atoms with Gasteiger partial charge in [0.05, 0.1) is 0 Å².